The molecule has 1 unspecified atom stereocenters. The molecule has 0 saturated carbocycles. The van der Waals surface area contributed by atoms with E-state index in [0.29, 0.717) is 0 Å². The summed E-state index contributed by atoms with van der Waals surface area (Å²) in [6.07, 6.45) is 0.0589. The molecule has 0 amide bonds. The van der Waals surface area contributed by atoms with Crippen LogP contribution < -0.4 is 0 Å². The predicted molar refractivity (Wildman–Crippen MR) is 101 cm³/mol. The van der Waals surface area contributed by atoms with Crippen molar-refractivity contribution in [3.05, 3.63) is 35.4 Å². The number of halogens is 3. The first-order valence-electron chi connectivity index (χ1n) is 7.44. The Bertz CT molecular complexity index is 522. The van der Waals surface area contributed by atoms with Crippen LogP contribution in [0.1, 0.15) is 38.0 Å². The van der Waals surface area contributed by atoms with Gasteiger partial charge in [0, 0.05) is 0 Å². The Morgan fingerprint density at radius 2 is 1.65 bits per heavy atom. The topological polar surface area (TPSA) is 42.3 Å². The third-order valence-electron chi connectivity index (χ3n) is 3.12. The van der Waals surface area contributed by atoms with Crippen molar-refractivity contribution >= 4 is 49.7 Å². The molecule has 3 nitrogen and oxygen atoms in total. The van der Waals surface area contributed by atoms with Crippen LogP contribution in [0.15, 0.2) is 24.3 Å². The lowest BCUT2D eigenvalue weighted by Crippen LogP contribution is -2.25. The van der Waals surface area contributed by atoms with E-state index < -0.39 is 12.8 Å². The minimum atomic E-state index is -1.83. The standard InChI is InChI=1S/C16H24Cl3NO2Si/c1-15(2,3)13(22-23(4)5)12-8-6-11(7-9-12)10-21-14(20)16(17,18)19/h6-9,13,20,23H,10H2,1-5H3. The fraction of sp³-hybridized carbons (Fsp3) is 0.562. The van der Waals surface area contributed by atoms with Gasteiger partial charge in [-0.05, 0) is 29.6 Å². The van der Waals surface area contributed by atoms with E-state index in [1.165, 1.54) is 0 Å². The van der Waals surface area contributed by atoms with E-state index in [1.54, 1.807) is 0 Å². The lowest BCUT2D eigenvalue weighted by Gasteiger charge is -2.33. The molecule has 0 aliphatic heterocycles. The lowest BCUT2D eigenvalue weighted by atomic mass is 9.84. The molecule has 0 aliphatic carbocycles. The van der Waals surface area contributed by atoms with Gasteiger partial charge in [-0.2, -0.15) is 0 Å². The van der Waals surface area contributed by atoms with Crippen molar-refractivity contribution < 1.29 is 9.16 Å². The average Bonchev–Trinajstić information content (AvgIpc) is 2.40. The minimum Gasteiger partial charge on any atom is -0.473 e. The first kappa shape index (κ1) is 20.8. The zero-order valence-corrected chi connectivity index (χ0v) is 17.5. The smallest absolute Gasteiger partial charge is 0.265 e. The molecule has 0 fully saturated rings. The maximum Gasteiger partial charge on any atom is 0.265 e. The second-order valence-electron chi connectivity index (χ2n) is 6.79. The fourth-order valence-electron chi connectivity index (χ4n) is 2.08. The molecule has 7 heteroatoms. The number of alkyl halides is 3. The monoisotopic (exact) mass is 395 g/mol. The van der Waals surface area contributed by atoms with Gasteiger partial charge in [0.25, 0.3) is 3.79 Å². The molecule has 0 heterocycles. The van der Waals surface area contributed by atoms with Crippen LogP contribution in [0.2, 0.25) is 13.1 Å². The third kappa shape index (κ3) is 7.02. The number of rotatable bonds is 5. The number of hydrogen-bond donors (Lipinski definition) is 1. The van der Waals surface area contributed by atoms with Gasteiger partial charge in [-0.1, -0.05) is 79.8 Å². The van der Waals surface area contributed by atoms with Crippen molar-refractivity contribution in [3.63, 3.8) is 0 Å². The van der Waals surface area contributed by atoms with Crippen LogP contribution in [-0.4, -0.2) is 18.7 Å². The van der Waals surface area contributed by atoms with E-state index in [1.807, 2.05) is 24.3 Å². The second-order valence-corrected chi connectivity index (χ2v) is 11.4. The number of hydrogen-bond acceptors (Lipinski definition) is 3. The molecule has 1 atom stereocenters. The summed E-state index contributed by atoms with van der Waals surface area (Å²) >= 11 is 16.8. The molecule has 1 aromatic carbocycles. The molecule has 1 aromatic rings. The second kappa shape index (κ2) is 8.21. The Hall–Kier alpha value is -0.263. The summed E-state index contributed by atoms with van der Waals surface area (Å²) in [7, 11) is -1.15. The molecule has 0 bridgehead atoms. The van der Waals surface area contributed by atoms with Gasteiger partial charge in [-0.3, -0.25) is 5.41 Å². The Morgan fingerprint density at radius 1 is 1.13 bits per heavy atom. The van der Waals surface area contributed by atoms with Crippen molar-refractivity contribution in [1.29, 1.82) is 5.41 Å². The van der Waals surface area contributed by atoms with Gasteiger partial charge >= 0.3 is 0 Å². The van der Waals surface area contributed by atoms with Crippen LogP contribution in [0.5, 0.6) is 0 Å². The van der Waals surface area contributed by atoms with Crippen molar-refractivity contribution in [2.75, 3.05) is 0 Å². The van der Waals surface area contributed by atoms with Crippen LogP contribution in [0, 0.1) is 10.8 Å². The van der Waals surface area contributed by atoms with Crippen molar-refractivity contribution in [3.8, 4) is 0 Å². The maximum absolute atomic E-state index is 7.53. The average molecular weight is 397 g/mol. The van der Waals surface area contributed by atoms with E-state index >= 15 is 0 Å². The van der Waals surface area contributed by atoms with Crippen molar-refractivity contribution in [2.45, 2.75) is 50.4 Å². The molecule has 0 aliphatic rings. The zero-order valence-electron chi connectivity index (χ0n) is 14.1. The summed E-state index contributed by atoms with van der Waals surface area (Å²) in [6, 6.07) is 7.96. The highest BCUT2D eigenvalue weighted by molar-refractivity contribution is 6.76. The fourth-order valence-corrected chi connectivity index (χ4v) is 3.35. The maximum atomic E-state index is 7.53. The van der Waals surface area contributed by atoms with Gasteiger partial charge in [0.15, 0.2) is 9.04 Å². The van der Waals surface area contributed by atoms with Crippen LogP contribution in [0.3, 0.4) is 0 Å². The largest absolute Gasteiger partial charge is 0.473 e. The van der Waals surface area contributed by atoms with Gasteiger partial charge in [0.05, 0.1) is 6.10 Å². The third-order valence-corrected chi connectivity index (χ3v) is 4.45. The molecule has 1 N–H and O–H groups in total. The highest BCUT2D eigenvalue weighted by Gasteiger charge is 2.29. The van der Waals surface area contributed by atoms with Gasteiger partial charge in [0.1, 0.15) is 6.61 Å². The minimum absolute atomic E-state index is 0.0207. The summed E-state index contributed by atoms with van der Waals surface area (Å²) in [5.41, 5.74) is 2.06. The van der Waals surface area contributed by atoms with Crippen LogP contribution in [-0.2, 0) is 15.8 Å². The number of nitrogens with one attached hydrogen (secondary N) is 1. The Kier molecular flexibility index (Phi) is 7.42. The molecular weight excluding hydrogens is 373 g/mol. The van der Waals surface area contributed by atoms with Gasteiger partial charge in [-0.25, -0.2) is 0 Å². The highest BCUT2D eigenvalue weighted by Crippen LogP contribution is 2.36. The molecule has 0 saturated heterocycles. The van der Waals surface area contributed by atoms with E-state index in [9.17, 15) is 0 Å². The normalized spacial score (nSPS) is 14.0. The zero-order chi connectivity index (χ0) is 17.8. The quantitative estimate of drug-likeness (QED) is 0.303. The summed E-state index contributed by atoms with van der Waals surface area (Å²) in [5, 5.41) is 7.53. The summed E-state index contributed by atoms with van der Waals surface area (Å²) in [5.74, 6) is -0.381. The Labute approximate surface area is 155 Å². The molecule has 1 rings (SSSR count). The van der Waals surface area contributed by atoms with E-state index in [4.69, 9.17) is 49.4 Å². The summed E-state index contributed by atoms with van der Waals surface area (Å²) in [6.45, 7) is 11.1. The van der Waals surface area contributed by atoms with Gasteiger partial charge in [-0.15, -0.1) is 0 Å². The van der Waals surface area contributed by atoms with Crippen LogP contribution >= 0.6 is 34.8 Å². The summed E-state index contributed by atoms with van der Waals surface area (Å²) < 4.78 is 9.57. The van der Waals surface area contributed by atoms with E-state index in [-0.39, 0.29) is 24.0 Å². The summed E-state index contributed by atoms with van der Waals surface area (Å²) in [4.78, 5) is 0. The van der Waals surface area contributed by atoms with Gasteiger partial charge < -0.3 is 9.16 Å². The molecule has 0 aromatic heterocycles. The SMILES string of the molecule is C[SiH](C)OC(c1ccc(COC(=N)C(Cl)(Cl)Cl)cc1)C(C)(C)C. The van der Waals surface area contributed by atoms with E-state index in [2.05, 4.69) is 33.9 Å². The highest BCUT2D eigenvalue weighted by atomic mass is 35.6. The molecular formula is C16H24Cl3NO2Si. The van der Waals surface area contributed by atoms with Crippen LogP contribution in [0.4, 0.5) is 0 Å². The molecule has 130 valence electrons. The Morgan fingerprint density at radius 3 is 2.04 bits per heavy atom. The van der Waals surface area contributed by atoms with Crippen molar-refractivity contribution in [1.82, 2.24) is 0 Å². The van der Waals surface area contributed by atoms with E-state index in [0.717, 1.165) is 11.1 Å². The molecule has 0 spiro atoms. The van der Waals surface area contributed by atoms with Crippen LogP contribution in [0.25, 0.3) is 0 Å². The Balaban J connectivity index is 2.80. The first-order valence-corrected chi connectivity index (χ1v) is 11.4. The lowest BCUT2D eigenvalue weighted by molar-refractivity contribution is 0.0866. The van der Waals surface area contributed by atoms with Crippen molar-refractivity contribution in [2.24, 2.45) is 5.41 Å². The molecule has 0 radical (unpaired) electrons. The number of ether oxygens (including phenoxy) is 1. The first-order chi connectivity index (χ1) is 10.4. The predicted octanol–water partition coefficient (Wildman–Crippen LogP) is 5.64. The van der Waals surface area contributed by atoms with Gasteiger partial charge in [0.2, 0.25) is 5.90 Å². The molecule has 23 heavy (non-hydrogen) atoms. The number of benzene rings is 1.